The van der Waals surface area contributed by atoms with E-state index in [1.165, 1.54) is 0 Å². The van der Waals surface area contributed by atoms with E-state index in [9.17, 15) is 4.79 Å². The highest BCUT2D eigenvalue weighted by molar-refractivity contribution is 7.99. The molecule has 1 amide bonds. The van der Waals surface area contributed by atoms with Gasteiger partial charge in [-0.25, -0.2) is 4.98 Å². The Bertz CT molecular complexity index is 671. The van der Waals surface area contributed by atoms with Gasteiger partial charge in [0.05, 0.1) is 5.56 Å². The maximum absolute atomic E-state index is 12.1. The molecule has 1 aliphatic rings. The van der Waals surface area contributed by atoms with E-state index >= 15 is 0 Å². The molecular formula is C15H19N5O2S2. The zero-order valence-corrected chi connectivity index (χ0v) is 15.0. The summed E-state index contributed by atoms with van der Waals surface area (Å²) < 4.78 is 7.62. The summed E-state index contributed by atoms with van der Waals surface area (Å²) in [4.78, 5) is 16.3. The number of aryl methyl sites for hydroxylation is 1. The summed E-state index contributed by atoms with van der Waals surface area (Å²) >= 11 is 3.44. The third-order valence-corrected chi connectivity index (χ3v) is 5.63. The van der Waals surface area contributed by atoms with Crippen LogP contribution in [0.1, 0.15) is 16.8 Å². The van der Waals surface area contributed by atoms with Crippen LogP contribution in [0.2, 0.25) is 0 Å². The van der Waals surface area contributed by atoms with Gasteiger partial charge >= 0.3 is 0 Å². The van der Waals surface area contributed by atoms with Gasteiger partial charge < -0.3 is 14.6 Å². The fraction of sp³-hybridized carbons (Fsp3) is 0.467. The molecule has 3 rings (SSSR count). The van der Waals surface area contributed by atoms with E-state index in [0.29, 0.717) is 18.0 Å². The van der Waals surface area contributed by atoms with Gasteiger partial charge in [0.2, 0.25) is 5.88 Å². The molecule has 0 aliphatic carbocycles. The highest BCUT2D eigenvalue weighted by Gasteiger charge is 2.17. The number of aromatic nitrogens is 4. The number of carbonyl (C=O) groups is 1. The summed E-state index contributed by atoms with van der Waals surface area (Å²) in [6, 6.07) is 3.50. The monoisotopic (exact) mass is 365 g/mol. The van der Waals surface area contributed by atoms with Gasteiger partial charge in [0.1, 0.15) is 12.4 Å². The van der Waals surface area contributed by atoms with Crippen LogP contribution in [0.3, 0.4) is 0 Å². The molecular weight excluding hydrogens is 346 g/mol. The number of pyridine rings is 1. The van der Waals surface area contributed by atoms with Crippen LogP contribution in [0.4, 0.5) is 0 Å². The van der Waals surface area contributed by atoms with Gasteiger partial charge in [-0.05, 0) is 18.2 Å². The van der Waals surface area contributed by atoms with Gasteiger partial charge in [0.15, 0.2) is 5.16 Å². The van der Waals surface area contributed by atoms with Gasteiger partial charge in [-0.1, -0.05) is 11.8 Å². The first-order valence-electron chi connectivity index (χ1n) is 7.68. The third kappa shape index (κ3) is 4.64. The highest BCUT2D eigenvalue weighted by Crippen LogP contribution is 2.22. The summed E-state index contributed by atoms with van der Waals surface area (Å²) in [7, 11) is 1.89. The summed E-state index contributed by atoms with van der Waals surface area (Å²) in [6.45, 7) is 0.550. The second kappa shape index (κ2) is 8.39. The Labute approximate surface area is 149 Å². The zero-order valence-electron chi connectivity index (χ0n) is 13.3. The second-order valence-electron chi connectivity index (χ2n) is 5.32. The Kier molecular flexibility index (Phi) is 5.97. The molecule has 1 atom stereocenters. The molecule has 0 spiro atoms. The molecule has 9 heteroatoms. The van der Waals surface area contributed by atoms with Crippen molar-refractivity contribution < 1.29 is 9.53 Å². The Morgan fingerprint density at radius 2 is 2.46 bits per heavy atom. The topological polar surface area (TPSA) is 81.9 Å². The molecule has 1 saturated heterocycles. The summed E-state index contributed by atoms with van der Waals surface area (Å²) in [6.07, 6.45) is 4.50. The van der Waals surface area contributed by atoms with Gasteiger partial charge in [-0.15, -0.1) is 10.2 Å². The van der Waals surface area contributed by atoms with E-state index in [1.807, 2.05) is 23.4 Å². The first-order chi connectivity index (χ1) is 11.7. The number of amides is 1. The van der Waals surface area contributed by atoms with Crippen LogP contribution in [0.15, 0.2) is 29.8 Å². The Morgan fingerprint density at radius 3 is 3.12 bits per heavy atom. The molecule has 2 aromatic heterocycles. The Morgan fingerprint density at radius 1 is 1.54 bits per heavy atom. The molecule has 0 radical (unpaired) electrons. The number of nitrogens with one attached hydrogen (secondary N) is 1. The first kappa shape index (κ1) is 17.1. The van der Waals surface area contributed by atoms with Gasteiger partial charge in [0.25, 0.3) is 5.91 Å². The van der Waals surface area contributed by atoms with Crippen molar-refractivity contribution in [1.82, 2.24) is 25.1 Å². The maximum Gasteiger partial charge on any atom is 0.252 e. The molecule has 1 N–H and O–H groups in total. The largest absolute Gasteiger partial charge is 0.473 e. The summed E-state index contributed by atoms with van der Waals surface area (Å²) in [5, 5.41) is 11.5. The van der Waals surface area contributed by atoms with Crippen LogP contribution in [-0.2, 0) is 7.05 Å². The molecule has 0 saturated carbocycles. The predicted octanol–water partition coefficient (Wildman–Crippen LogP) is 1.62. The standard InChI is InChI=1S/C15H19N5O2S2/c1-20-10-18-19-15(20)24-7-5-16-14(21)11-2-3-13(17-8-11)22-12-4-6-23-9-12/h2-3,8,10,12H,4-7,9H2,1H3,(H,16,21)/t12-/m0/s1. The van der Waals surface area contributed by atoms with Crippen LogP contribution in [0.25, 0.3) is 0 Å². The minimum Gasteiger partial charge on any atom is -0.473 e. The summed E-state index contributed by atoms with van der Waals surface area (Å²) in [5.41, 5.74) is 0.534. The maximum atomic E-state index is 12.1. The molecule has 1 aliphatic heterocycles. The number of carbonyl (C=O) groups excluding carboxylic acids is 1. The smallest absolute Gasteiger partial charge is 0.252 e. The van der Waals surface area contributed by atoms with E-state index in [-0.39, 0.29) is 12.0 Å². The predicted molar refractivity (Wildman–Crippen MR) is 94.7 cm³/mol. The van der Waals surface area contributed by atoms with Crippen LogP contribution in [-0.4, -0.2) is 55.6 Å². The van der Waals surface area contributed by atoms with E-state index in [0.717, 1.165) is 28.8 Å². The molecule has 7 nitrogen and oxygen atoms in total. The van der Waals surface area contributed by atoms with Gasteiger partial charge in [-0.3, -0.25) is 4.79 Å². The number of nitrogens with zero attached hydrogens (tertiary/aromatic N) is 4. The number of hydrogen-bond donors (Lipinski definition) is 1. The first-order valence-corrected chi connectivity index (χ1v) is 9.82. The minimum atomic E-state index is -0.135. The van der Waals surface area contributed by atoms with Gasteiger partial charge in [0, 0.05) is 37.4 Å². The van der Waals surface area contributed by atoms with Crippen LogP contribution < -0.4 is 10.1 Å². The lowest BCUT2D eigenvalue weighted by Crippen LogP contribution is -2.26. The average molecular weight is 365 g/mol. The quantitative estimate of drug-likeness (QED) is 0.590. The van der Waals surface area contributed by atoms with Crippen molar-refractivity contribution in [2.75, 3.05) is 23.8 Å². The fourth-order valence-corrected chi connectivity index (χ4v) is 4.01. The van der Waals surface area contributed by atoms with E-state index < -0.39 is 0 Å². The molecule has 0 unspecified atom stereocenters. The van der Waals surface area contributed by atoms with Crippen molar-refractivity contribution in [1.29, 1.82) is 0 Å². The molecule has 128 valence electrons. The Balaban J connectivity index is 1.42. The molecule has 24 heavy (non-hydrogen) atoms. The van der Waals surface area contributed by atoms with E-state index in [1.54, 1.807) is 36.4 Å². The van der Waals surface area contributed by atoms with Crippen LogP contribution >= 0.6 is 23.5 Å². The van der Waals surface area contributed by atoms with Crippen molar-refractivity contribution in [3.8, 4) is 5.88 Å². The van der Waals surface area contributed by atoms with Crippen molar-refractivity contribution in [2.24, 2.45) is 7.05 Å². The van der Waals surface area contributed by atoms with E-state index in [4.69, 9.17) is 4.74 Å². The SMILES string of the molecule is Cn1cnnc1SCCNC(=O)c1ccc(O[C@H]2CCSC2)nc1. The average Bonchev–Trinajstić information content (AvgIpc) is 3.24. The van der Waals surface area contributed by atoms with Crippen molar-refractivity contribution in [3.63, 3.8) is 0 Å². The Hall–Kier alpha value is -1.74. The lowest BCUT2D eigenvalue weighted by Gasteiger charge is -2.11. The normalized spacial score (nSPS) is 17.0. The minimum absolute atomic E-state index is 0.135. The molecule has 3 heterocycles. The van der Waals surface area contributed by atoms with Crippen molar-refractivity contribution >= 4 is 29.4 Å². The number of rotatable bonds is 7. The number of thioether (sulfide) groups is 2. The molecule has 0 bridgehead atoms. The molecule has 2 aromatic rings. The van der Waals surface area contributed by atoms with E-state index in [2.05, 4.69) is 20.5 Å². The number of ether oxygens (including phenoxy) is 1. The lowest BCUT2D eigenvalue weighted by molar-refractivity contribution is 0.0955. The zero-order chi connectivity index (χ0) is 16.8. The fourth-order valence-electron chi connectivity index (χ4n) is 2.17. The molecule has 0 aromatic carbocycles. The van der Waals surface area contributed by atoms with Crippen molar-refractivity contribution in [2.45, 2.75) is 17.7 Å². The third-order valence-electron chi connectivity index (χ3n) is 3.46. The van der Waals surface area contributed by atoms with Crippen LogP contribution in [0, 0.1) is 0 Å². The lowest BCUT2D eigenvalue weighted by atomic mass is 10.2. The number of hydrogen-bond acceptors (Lipinski definition) is 7. The summed E-state index contributed by atoms with van der Waals surface area (Å²) in [5.74, 6) is 3.32. The second-order valence-corrected chi connectivity index (χ2v) is 7.53. The van der Waals surface area contributed by atoms with Gasteiger partial charge in [-0.2, -0.15) is 11.8 Å². The van der Waals surface area contributed by atoms with Crippen LogP contribution in [0.5, 0.6) is 5.88 Å². The molecule has 1 fully saturated rings. The van der Waals surface area contributed by atoms with Crippen molar-refractivity contribution in [3.05, 3.63) is 30.2 Å². The highest BCUT2D eigenvalue weighted by atomic mass is 32.2.